The fourth-order valence-corrected chi connectivity index (χ4v) is 2.55. The Hall–Kier alpha value is -1.32. The molecule has 2 rings (SSSR count). The molecule has 0 aliphatic carbocycles. The van der Waals surface area contributed by atoms with Crippen LogP contribution in [0.3, 0.4) is 0 Å². The van der Waals surface area contributed by atoms with Crippen molar-refractivity contribution in [1.82, 2.24) is 4.90 Å². The van der Waals surface area contributed by atoms with Gasteiger partial charge < -0.3 is 9.84 Å². The first-order valence-electron chi connectivity index (χ1n) is 6.92. The second-order valence-electron chi connectivity index (χ2n) is 5.27. The highest BCUT2D eigenvalue weighted by Gasteiger charge is 2.25. The van der Waals surface area contributed by atoms with Crippen molar-refractivity contribution in [3.05, 3.63) is 42.5 Å². The smallest absolute Gasteiger partial charge is 0.120 e. The molecule has 3 nitrogen and oxygen atoms in total. The lowest BCUT2D eigenvalue weighted by Gasteiger charge is -2.17. The van der Waals surface area contributed by atoms with Crippen LogP contribution in [0, 0.1) is 5.92 Å². The number of rotatable bonds is 6. The average molecular weight is 261 g/mol. The summed E-state index contributed by atoms with van der Waals surface area (Å²) in [5, 5.41) is 9.62. The van der Waals surface area contributed by atoms with Crippen molar-refractivity contribution in [1.29, 1.82) is 0 Å². The van der Waals surface area contributed by atoms with Gasteiger partial charge in [-0.15, -0.1) is 0 Å². The Morgan fingerprint density at radius 3 is 3.11 bits per heavy atom. The van der Waals surface area contributed by atoms with Crippen LogP contribution < -0.4 is 4.74 Å². The summed E-state index contributed by atoms with van der Waals surface area (Å²) < 4.78 is 5.54. The van der Waals surface area contributed by atoms with Crippen molar-refractivity contribution < 1.29 is 9.84 Å². The normalized spacial score (nSPS) is 21.3. The molecule has 0 spiro atoms. The molecule has 1 N–H and O–H groups in total. The summed E-state index contributed by atoms with van der Waals surface area (Å²) in [5.41, 5.74) is 1.26. The molecule has 0 saturated carbocycles. The molecule has 2 atom stereocenters. The Morgan fingerprint density at radius 1 is 1.58 bits per heavy atom. The first-order valence-corrected chi connectivity index (χ1v) is 6.92. The van der Waals surface area contributed by atoms with Gasteiger partial charge in [-0.1, -0.05) is 24.8 Å². The molecule has 19 heavy (non-hydrogen) atoms. The minimum atomic E-state index is -0.202. The highest BCUT2D eigenvalue weighted by molar-refractivity contribution is 5.28. The van der Waals surface area contributed by atoms with Gasteiger partial charge in [0, 0.05) is 13.1 Å². The van der Waals surface area contributed by atoms with Gasteiger partial charge in [-0.2, -0.15) is 0 Å². The third-order valence-corrected chi connectivity index (χ3v) is 3.66. The van der Waals surface area contributed by atoms with Crippen molar-refractivity contribution in [3.8, 4) is 5.75 Å². The van der Waals surface area contributed by atoms with E-state index in [1.165, 1.54) is 5.56 Å². The summed E-state index contributed by atoms with van der Waals surface area (Å²) >= 11 is 0. The predicted molar refractivity (Wildman–Crippen MR) is 77.2 cm³/mol. The molecule has 0 radical (unpaired) electrons. The molecule has 0 bridgehead atoms. The van der Waals surface area contributed by atoms with E-state index in [1.54, 1.807) is 6.08 Å². The number of aliphatic hydroxyl groups is 1. The second-order valence-corrected chi connectivity index (χ2v) is 5.27. The molecular formula is C16H23NO2. The van der Waals surface area contributed by atoms with Crippen molar-refractivity contribution in [2.75, 3.05) is 19.7 Å². The van der Waals surface area contributed by atoms with Crippen LogP contribution >= 0.6 is 0 Å². The number of aliphatic hydroxyl groups excluding tert-OH is 1. The molecule has 0 aromatic heterocycles. The van der Waals surface area contributed by atoms with Crippen molar-refractivity contribution in [2.24, 2.45) is 5.92 Å². The Kier molecular flexibility index (Phi) is 5.00. The van der Waals surface area contributed by atoms with Crippen LogP contribution in [0.1, 0.15) is 18.9 Å². The highest BCUT2D eigenvalue weighted by Crippen LogP contribution is 2.22. The summed E-state index contributed by atoms with van der Waals surface area (Å²) in [5.74, 6) is 1.31. The molecule has 1 saturated heterocycles. The fourth-order valence-electron chi connectivity index (χ4n) is 2.55. The van der Waals surface area contributed by atoms with Crippen LogP contribution in [0.2, 0.25) is 0 Å². The maximum Gasteiger partial charge on any atom is 0.120 e. The maximum atomic E-state index is 9.62. The predicted octanol–water partition coefficient (Wildman–Crippen LogP) is 2.45. The van der Waals surface area contributed by atoms with E-state index in [-0.39, 0.29) is 6.10 Å². The number of benzene rings is 1. The van der Waals surface area contributed by atoms with Gasteiger partial charge in [0.15, 0.2) is 0 Å². The summed E-state index contributed by atoms with van der Waals surface area (Å²) in [6, 6.07) is 8.20. The Morgan fingerprint density at radius 2 is 2.42 bits per heavy atom. The summed E-state index contributed by atoms with van der Waals surface area (Å²) in [6.07, 6.45) is 2.64. The van der Waals surface area contributed by atoms with Gasteiger partial charge in [0.25, 0.3) is 0 Å². The van der Waals surface area contributed by atoms with E-state index >= 15 is 0 Å². The lowest BCUT2D eigenvalue weighted by molar-refractivity contribution is 0.127. The van der Waals surface area contributed by atoms with Crippen LogP contribution in [0.4, 0.5) is 0 Å². The van der Waals surface area contributed by atoms with Gasteiger partial charge in [0.1, 0.15) is 12.4 Å². The van der Waals surface area contributed by atoms with E-state index < -0.39 is 0 Å². The monoisotopic (exact) mass is 261 g/mol. The number of nitrogens with zero attached hydrogens (tertiary/aromatic N) is 1. The largest absolute Gasteiger partial charge is 0.490 e. The van der Waals surface area contributed by atoms with Gasteiger partial charge >= 0.3 is 0 Å². The first-order chi connectivity index (χ1) is 9.19. The zero-order chi connectivity index (χ0) is 13.7. The third-order valence-electron chi connectivity index (χ3n) is 3.66. The molecule has 2 unspecified atom stereocenters. The van der Waals surface area contributed by atoms with Crippen LogP contribution in [0.25, 0.3) is 0 Å². The van der Waals surface area contributed by atoms with E-state index in [0.717, 1.165) is 31.8 Å². The third kappa shape index (κ3) is 4.08. The van der Waals surface area contributed by atoms with E-state index in [4.69, 9.17) is 4.74 Å². The molecule has 0 amide bonds. The molecule has 1 aliphatic heterocycles. The highest BCUT2D eigenvalue weighted by atomic mass is 16.5. The van der Waals surface area contributed by atoms with Crippen molar-refractivity contribution in [2.45, 2.75) is 26.0 Å². The molecular weight excluding hydrogens is 238 g/mol. The quantitative estimate of drug-likeness (QED) is 0.798. The number of hydrogen-bond acceptors (Lipinski definition) is 3. The summed E-state index contributed by atoms with van der Waals surface area (Å²) in [4.78, 5) is 2.39. The van der Waals surface area contributed by atoms with E-state index in [0.29, 0.717) is 12.5 Å². The molecule has 1 aliphatic rings. The molecule has 3 heteroatoms. The van der Waals surface area contributed by atoms with Gasteiger partial charge in [-0.25, -0.2) is 0 Å². The standard InChI is InChI=1S/C16H23NO2/c1-3-9-19-16-6-4-5-14(10-16)11-17-8-7-15(12-17)13(2)18/h3-6,10,13,15,18H,1,7-9,11-12H2,2H3. The topological polar surface area (TPSA) is 32.7 Å². The zero-order valence-electron chi connectivity index (χ0n) is 11.6. The number of hydrogen-bond donors (Lipinski definition) is 1. The summed E-state index contributed by atoms with van der Waals surface area (Å²) in [7, 11) is 0. The molecule has 1 aromatic rings. The number of ether oxygens (including phenoxy) is 1. The van der Waals surface area contributed by atoms with Crippen molar-refractivity contribution >= 4 is 0 Å². The first kappa shape index (κ1) is 14.1. The lowest BCUT2D eigenvalue weighted by atomic mass is 10.0. The molecule has 1 aromatic carbocycles. The Balaban J connectivity index is 1.90. The van der Waals surface area contributed by atoms with Gasteiger partial charge in [0.2, 0.25) is 0 Å². The van der Waals surface area contributed by atoms with Gasteiger partial charge in [-0.05, 0) is 43.5 Å². The van der Waals surface area contributed by atoms with E-state index in [2.05, 4.69) is 23.6 Å². The maximum absolute atomic E-state index is 9.62. The summed E-state index contributed by atoms with van der Waals surface area (Å²) in [6.45, 7) is 9.04. The van der Waals surface area contributed by atoms with Gasteiger partial charge in [0.05, 0.1) is 6.10 Å². The zero-order valence-corrected chi connectivity index (χ0v) is 11.6. The van der Waals surface area contributed by atoms with Crippen molar-refractivity contribution in [3.63, 3.8) is 0 Å². The SMILES string of the molecule is C=CCOc1cccc(CN2CCC(C(C)O)C2)c1. The van der Waals surface area contributed by atoms with Gasteiger partial charge in [-0.3, -0.25) is 4.90 Å². The van der Waals surface area contributed by atoms with E-state index in [1.807, 2.05) is 19.1 Å². The molecule has 104 valence electrons. The Bertz CT molecular complexity index is 417. The fraction of sp³-hybridized carbons (Fsp3) is 0.500. The van der Waals surface area contributed by atoms with Crippen LogP contribution in [-0.4, -0.2) is 35.8 Å². The average Bonchev–Trinajstić information content (AvgIpc) is 2.85. The van der Waals surface area contributed by atoms with Crippen LogP contribution in [0.15, 0.2) is 36.9 Å². The minimum absolute atomic E-state index is 0.202. The minimum Gasteiger partial charge on any atom is -0.490 e. The van der Waals surface area contributed by atoms with Crippen LogP contribution in [0.5, 0.6) is 5.75 Å². The Labute approximate surface area is 115 Å². The molecule has 1 fully saturated rings. The van der Waals surface area contributed by atoms with E-state index in [9.17, 15) is 5.11 Å². The number of likely N-dealkylation sites (tertiary alicyclic amines) is 1. The second kappa shape index (κ2) is 6.73. The lowest BCUT2D eigenvalue weighted by Crippen LogP contribution is -2.23. The molecule has 1 heterocycles. The van der Waals surface area contributed by atoms with Crippen LogP contribution in [-0.2, 0) is 6.54 Å².